The van der Waals surface area contributed by atoms with E-state index in [0.29, 0.717) is 11.3 Å². The number of carbonyl (C=O) groups excluding carboxylic acids is 2. The number of ether oxygens (including phenoxy) is 3. The number of para-hydroxylation sites is 1. The minimum atomic E-state index is -0.626. The molecule has 0 atom stereocenters. The molecule has 0 aliphatic heterocycles. The van der Waals surface area contributed by atoms with Crippen LogP contribution in [0.2, 0.25) is 0 Å². The largest absolute Gasteiger partial charge is 0.493 e. The fourth-order valence-electron chi connectivity index (χ4n) is 2.75. The summed E-state index contributed by atoms with van der Waals surface area (Å²) < 4.78 is 15.6. The van der Waals surface area contributed by atoms with E-state index < -0.39 is 5.97 Å². The predicted octanol–water partition coefficient (Wildman–Crippen LogP) is 3.87. The number of benzene rings is 2. The van der Waals surface area contributed by atoms with Crippen molar-refractivity contribution in [1.29, 1.82) is 0 Å². The lowest BCUT2D eigenvalue weighted by atomic mass is 9.98. The molecule has 0 unspecified atom stereocenters. The van der Waals surface area contributed by atoms with Crippen molar-refractivity contribution in [3.8, 4) is 11.5 Å². The minimum Gasteiger partial charge on any atom is -0.493 e. The van der Waals surface area contributed by atoms with E-state index in [4.69, 9.17) is 14.2 Å². The van der Waals surface area contributed by atoms with Crippen LogP contribution in [0.5, 0.6) is 11.5 Å². The second-order valence-electron chi connectivity index (χ2n) is 5.74. The maximum atomic E-state index is 12.6. The molecule has 5 heteroatoms. The van der Waals surface area contributed by atoms with Crippen LogP contribution >= 0.6 is 0 Å². The first-order valence-electron chi connectivity index (χ1n) is 8.58. The van der Waals surface area contributed by atoms with E-state index in [0.717, 1.165) is 24.0 Å². The van der Waals surface area contributed by atoms with Crippen molar-refractivity contribution in [2.75, 3.05) is 20.8 Å². The summed E-state index contributed by atoms with van der Waals surface area (Å²) in [4.78, 5) is 25.0. The first kappa shape index (κ1) is 19.5. The van der Waals surface area contributed by atoms with Gasteiger partial charge in [0.05, 0.1) is 14.2 Å². The summed E-state index contributed by atoms with van der Waals surface area (Å²) in [6, 6.07) is 10.8. The number of carbonyl (C=O) groups is 2. The smallest absolute Gasteiger partial charge is 0.342 e. The molecule has 2 rings (SSSR count). The third-order valence-electron chi connectivity index (χ3n) is 4.22. The van der Waals surface area contributed by atoms with E-state index >= 15 is 0 Å². The number of Topliss-reactive ketones (excluding diaryl/α,β-unsaturated/α-hetero) is 1. The van der Waals surface area contributed by atoms with Crippen LogP contribution in [0.4, 0.5) is 0 Å². The lowest BCUT2D eigenvalue weighted by molar-refractivity contribution is 0.0470. The van der Waals surface area contributed by atoms with Crippen molar-refractivity contribution in [3.05, 3.63) is 58.7 Å². The highest BCUT2D eigenvalue weighted by molar-refractivity contribution is 6.01. The van der Waals surface area contributed by atoms with Crippen LogP contribution in [0.3, 0.4) is 0 Å². The van der Waals surface area contributed by atoms with Crippen molar-refractivity contribution >= 4 is 11.8 Å². The Morgan fingerprint density at radius 3 is 2.31 bits per heavy atom. The second-order valence-corrected chi connectivity index (χ2v) is 5.74. The van der Waals surface area contributed by atoms with Gasteiger partial charge in [0.15, 0.2) is 18.1 Å². The Kier molecular flexibility index (Phi) is 6.78. The molecule has 0 fully saturated rings. The predicted molar refractivity (Wildman–Crippen MR) is 99.4 cm³/mol. The molecule has 0 saturated heterocycles. The first-order valence-corrected chi connectivity index (χ1v) is 8.58. The molecule has 0 bridgehead atoms. The normalized spacial score (nSPS) is 10.3. The van der Waals surface area contributed by atoms with Gasteiger partial charge < -0.3 is 14.2 Å². The Labute approximate surface area is 153 Å². The molecule has 26 heavy (non-hydrogen) atoms. The zero-order valence-corrected chi connectivity index (χ0v) is 15.6. The Hall–Kier alpha value is -2.82. The summed E-state index contributed by atoms with van der Waals surface area (Å²) in [6.07, 6.45) is 1.58. The van der Waals surface area contributed by atoms with E-state index in [9.17, 15) is 9.59 Å². The molecule has 0 radical (unpaired) electrons. The van der Waals surface area contributed by atoms with E-state index in [-0.39, 0.29) is 23.7 Å². The van der Waals surface area contributed by atoms with Gasteiger partial charge in [0.2, 0.25) is 5.78 Å². The lowest BCUT2D eigenvalue weighted by Gasteiger charge is -2.13. The summed E-state index contributed by atoms with van der Waals surface area (Å²) in [7, 11) is 2.94. The SMILES string of the molecule is CCc1ccc(CC)c(C(=O)COC(=O)c2cccc(OC)c2OC)c1. The van der Waals surface area contributed by atoms with Gasteiger partial charge in [0, 0.05) is 5.56 Å². The highest BCUT2D eigenvalue weighted by atomic mass is 16.5. The third-order valence-corrected chi connectivity index (χ3v) is 4.22. The number of aryl methyl sites for hydroxylation is 2. The molecule has 0 saturated carbocycles. The molecule has 0 aromatic heterocycles. The maximum Gasteiger partial charge on any atom is 0.342 e. The van der Waals surface area contributed by atoms with Crippen LogP contribution in [0.25, 0.3) is 0 Å². The Bertz CT molecular complexity index is 781. The summed E-state index contributed by atoms with van der Waals surface area (Å²) in [5.41, 5.74) is 2.85. The zero-order valence-electron chi connectivity index (χ0n) is 15.6. The molecular weight excluding hydrogens is 332 g/mol. The molecule has 0 aliphatic rings. The Morgan fingerprint density at radius 1 is 0.923 bits per heavy atom. The summed E-state index contributed by atoms with van der Waals surface area (Å²) in [6.45, 7) is 3.70. The number of esters is 1. The topological polar surface area (TPSA) is 61.8 Å². The van der Waals surface area contributed by atoms with Crippen LogP contribution in [-0.2, 0) is 17.6 Å². The summed E-state index contributed by atoms with van der Waals surface area (Å²) in [5, 5.41) is 0. The molecule has 0 aliphatic carbocycles. The minimum absolute atomic E-state index is 0.215. The van der Waals surface area contributed by atoms with Crippen LogP contribution in [0.1, 0.15) is 45.7 Å². The van der Waals surface area contributed by atoms with Gasteiger partial charge in [0.1, 0.15) is 5.56 Å². The molecule has 0 spiro atoms. The first-order chi connectivity index (χ1) is 12.5. The van der Waals surface area contributed by atoms with Crippen molar-refractivity contribution in [3.63, 3.8) is 0 Å². The van der Waals surface area contributed by atoms with E-state index in [1.165, 1.54) is 14.2 Å². The molecule has 0 N–H and O–H groups in total. The average Bonchev–Trinajstić information content (AvgIpc) is 2.70. The maximum absolute atomic E-state index is 12.6. The van der Waals surface area contributed by atoms with Gasteiger partial charge in [-0.2, -0.15) is 0 Å². The lowest BCUT2D eigenvalue weighted by Crippen LogP contribution is -2.16. The molecule has 5 nitrogen and oxygen atoms in total. The van der Waals surface area contributed by atoms with Crippen LogP contribution < -0.4 is 9.47 Å². The van der Waals surface area contributed by atoms with E-state index in [2.05, 4.69) is 0 Å². The Morgan fingerprint density at radius 2 is 1.69 bits per heavy atom. The molecule has 0 amide bonds. The zero-order chi connectivity index (χ0) is 19.1. The second kappa shape index (κ2) is 9.04. The van der Waals surface area contributed by atoms with Gasteiger partial charge in [0.25, 0.3) is 0 Å². The van der Waals surface area contributed by atoms with Gasteiger partial charge in [-0.25, -0.2) is 4.79 Å². The molecule has 2 aromatic carbocycles. The quantitative estimate of drug-likeness (QED) is 0.531. The standard InChI is InChI=1S/C21H24O5/c1-5-14-10-11-15(6-2)17(12-14)18(22)13-26-21(23)16-8-7-9-19(24-3)20(16)25-4/h7-12H,5-6,13H2,1-4H3. The highest BCUT2D eigenvalue weighted by Gasteiger charge is 2.20. The van der Waals surface area contributed by atoms with E-state index in [1.54, 1.807) is 18.2 Å². The Balaban J connectivity index is 2.17. The van der Waals surface area contributed by atoms with Gasteiger partial charge in [-0.1, -0.05) is 32.0 Å². The van der Waals surface area contributed by atoms with Crippen LogP contribution in [-0.4, -0.2) is 32.6 Å². The summed E-state index contributed by atoms with van der Waals surface area (Å²) >= 11 is 0. The molecule has 2 aromatic rings. The highest BCUT2D eigenvalue weighted by Crippen LogP contribution is 2.31. The molecule has 0 heterocycles. The average molecular weight is 356 g/mol. The van der Waals surface area contributed by atoms with Gasteiger partial charge >= 0.3 is 5.97 Å². The number of ketones is 1. The molecular formula is C21H24O5. The monoisotopic (exact) mass is 356 g/mol. The van der Waals surface area contributed by atoms with Crippen molar-refractivity contribution in [2.24, 2.45) is 0 Å². The fraction of sp³-hybridized carbons (Fsp3) is 0.333. The van der Waals surface area contributed by atoms with Gasteiger partial charge in [-0.3, -0.25) is 4.79 Å². The number of methoxy groups -OCH3 is 2. The fourth-order valence-corrected chi connectivity index (χ4v) is 2.75. The van der Waals surface area contributed by atoms with Crippen molar-refractivity contribution < 1.29 is 23.8 Å². The van der Waals surface area contributed by atoms with Gasteiger partial charge in [-0.05, 0) is 42.2 Å². The summed E-state index contributed by atoms with van der Waals surface area (Å²) in [5.74, 6) is -0.127. The third kappa shape index (κ3) is 4.23. The number of hydrogen-bond acceptors (Lipinski definition) is 5. The van der Waals surface area contributed by atoms with Crippen LogP contribution in [0.15, 0.2) is 36.4 Å². The van der Waals surface area contributed by atoms with E-state index in [1.807, 2.05) is 32.0 Å². The number of rotatable bonds is 8. The van der Waals surface area contributed by atoms with Crippen LogP contribution in [0, 0.1) is 0 Å². The van der Waals surface area contributed by atoms with Gasteiger partial charge in [-0.15, -0.1) is 0 Å². The number of hydrogen-bond donors (Lipinski definition) is 0. The van der Waals surface area contributed by atoms with Crippen molar-refractivity contribution in [1.82, 2.24) is 0 Å². The van der Waals surface area contributed by atoms with Crippen molar-refractivity contribution in [2.45, 2.75) is 26.7 Å². The molecule has 138 valence electrons.